The largest absolute Gasteiger partial charge is 0.488 e. The van der Waals surface area contributed by atoms with Crippen LogP contribution in [0.3, 0.4) is 0 Å². The molecule has 2 aliphatic rings. The third kappa shape index (κ3) is 6.72. The number of ether oxygens (including phenoxy) is 3. The normalized spacial score (nSPS) is 18.7. The molecule has 3 amide bonds. The summed E-state index contributed by atoms with van der Waals surface area (Å²) in [4.78, 5) is 30.2. The molecule has 216 valence electrons. The molecule has 0 radical (unpaired) electrons. The number of para-hydroxylation sites is 1. The second-order valence-electron chi connectivity index (χ2n) is 10.7. The number of anilines is 2. The lowest BCUT2D eigenvalue weighted by atomic mass is 9.99. The number of likely N-dealkylation sites (N-methyl/N-ethyl adjacent to an activating group) is 1. The lowest BCUT2D eigenvalue weighted by Crippen LogP contribution is -2.49. The smallest absolute Gasteiger partial charge is 0.323 e. The molecule has 0 saturated carbocycles. The predicted molar refractivity (Wildman–Crippen MR) is 156 cm³/mol. The van der Waals surface area contributed by atoms with Crippen molar-refractivity contribution < 1.29 is 28.9 Å². The number of rotatable bonds is 8. The second kappa shape index (κ2) is 12.5. The fraction of sp³-hybridized carbons (Fsp3) is 0.355. The topological polar surface area (TPSA) is 113 Å². The first-order valence-corrected chi connectivity index (χ1v) is 13.7. The van der Waals surface area contributed by atoms with Gasteiger partial charge >= 0.3 is 6.03 Å². The van der Waals surface area contributed by atoms with Gasteiger partial charge in [-0.25, -0.2) is 4.79 Å². The third-order valence-electron chi connectivity index (χ3n) is 7.34. The van der Waals surface area contributed by atoms with Crippen molar-refractivity contribution in [3.63, 3.8) is 0 Å². The van der Waals surface area contributed by atoms with Gasteiger partial charge in [-0.15, -0.1) is 0 Å². The van der Waals surface area contributed by atoms with E-state index in [4.69, 9.17) is 14.2 Å². The fourth-order valence-electron chi connectivity index (χ4n) is 5.06. The van der Waals surface area contributed by atoms with Gasteiger partial charge < -0.3 is 34.9 Å². The zero-order valence-corrected chi connectivity index (χ0v) is 23.5. The molecule has 5 rings (SSSR count). The molecule has 0 fully saturated rings. The number of fused-ring (bicyclic) bond motifs is 2. The Morgan fingerprint density at radius 2 is 1.76 bits per heavy atom. The maximum absolute atomic E-state index is 13.7. The van der Waals surface area contributed by atoms with Crippen LogP contribution in [0.4, 0.5) is 16.2 Å². The Balaban J connectivity index is 1.35. The lowest BCUT2D eigenvalue weighted by Gasteiger charge is -2.38. The van der Waals surface area contributed by atoms with Gasteiger partial charge in [0, 0.05) is 36.9 Å². The molecular formula is C31H36N4O6. The summed E-state index contributed by atoms with van der Waals surface area (Å²) in [6, 6.07) is 19.3. The molecule has 0 saturated heterocycles. The van der Waals surface area contributed by atoms with E-state index in [1.54, 1.807) is 35.2 Å². The van der Waals surface area contributed by atoms with Crippen molar-refractivity contribution in [2.45, 2.75) is 32.5 Å². The van der Waals surface area contributed by atoms with Gasteiger partial charge in [0.2, 0.25) is 6.79 Å². The van der Waals surface area contributed by atoms with Crippen LogP contribution in [0.25, 0.3) is 0 Å². The Bertz CT molecular complexity index is 1380. The number of benzene rings is 3. The Morgan fingerprint density at radius 1 is 1.02 bits per heavy atom. The van der Waals surface area contributed by atoms with E-state index in [0.29, 0.717) is 42.3 Å². The number of hydrogen-bond donors (Lipinski definition) is 3. The zero-order chi connectivity index (χ0) is 28.9. The SMILES string of the molecule is C[C@@H]1CN([C@@H](C)CO)C(=O)c2cc(NC(=O)Nc3ccccc3)ccc2O[C@@H]1CN(C)Cc1ccc2c(c1)OCO2. The van der Waals surface area contributed by atoms with Gasteiger partial charge in [-0.2, -0.15) is 0 Å². The molecule has 2 aliphatic heterocycles. The predicted octanol–water partition coefficient (Wildman–Crippen LogP) is 4.41. The Hall–Kier alpha value is -4.28. The van der Waals surface area contributed by atoms with E-state index < -0.39 is 6.03 Å². The van der Waals surface area contributed by atoms with Crippen LogP contribution in [0.15, 0.2) is 66.7 Å². The minimum Gasteiger partial charge on any atom is -0.488 e. The van der Waals surface area contributed by atoms with Crippen molar-refractivity contribution in [1.82, 2.24) is 9.80 Å². The molecule has 0 bridgehead atoms. The van der Waals surface area contributed by atoms with Gasteiger partial charge in [-0.1, -0.05) is 31.2 Å². The van der Waals surface area contributed by atoms with E-state index in [2.05, 4.69) is 22.5 Å². The minimum atomic E-state index is -0.424. The zero-order valence-electron chi connectivity index (χ0n) is 23.5. The van der Waals surface area contributed by atoms with E-state index in [1.807, 2.05) is 50.4 Å². The summed E-state index contributed by atoms with van der Waals surface area (Å²) < 4.78 is 17.4. The van der Waals surface area contributed by atoms with Crippen molar-refractivity contribution in [3.8, 4) is 17.2 Å². The first kappa shape index (κ1) is 28.3. The number of carbonyl (C=O) groups excluding carboxylic acids is 2. The highest BCUT2D eigenvalue weighted by molar-refractivity contribution is 6.02. The Labute approximate surface area is 239 Å². The molecule has 0 aliphatic carbocycles. The number of amides is 3. The van der Waals surface area contributed by atoms with Gasteiger partial charge in [-0.05, 0) is 62.0 Å². The summed E-state index contributed by atoms with van der Waals surface area (Å²) in [5.41, 5.74) is 2.53. The molecule has 10 nitrogen and oxygen atoms in total. The average molecular weight is 561 g/mol. The monoisotopic (exact) mass is 560 g/mol. The van der Waals surface area contributed by atoms with Crippen molar-refractivity contribution in [3.05, 3.63) is 77.9 Å². The fourth-order valence-corrected chi connectivity index (χ4v) is 5.06. The standard InChI is InChI=1S/C31H36N4O6/c1-20-15-35(21(2)18-36)30(37)25-14-24(33-31(38)32-23-7-5-4-6-8-23)10-12-26(25)41-29(20)17-34(3)16-22-9-11-27-28(13-22)40-19-39-27/h4-14,20-21,29,36H,15-19H2,1-3H3,(H2,32,33,38)/t20-,21+,29-/m1/s1. The maximum atomic E-state index is 13.7. The number of urea groups is 1. The molecule has 3 aromatic rings. The highest BCUT2D eigenvalue weighted by atomic mass is 16.7. The lowest BCUT2D eigenvalue weighted by molar-refractivity contribution is 0.0341. The van der Waals surface area contributed by atoms with Crippen LogP contribution in [-0.4, -0.2) is 72.5 Å². The number of hydrogen-bond acceptors (Lipinski definition) is 7. The molecule has 0 unspecified atom stereocenters. The summed E-state index contributed by atoms with van der Waals surface area (Å²) in [6.45, 7) is 5.63. The van der Waals surface area contributed by atoms with Gasteiger partial charge in [0.05, 0.1) is 18.2 Å². The first-order valence-electron chi connectivity index (χ1n) is 13.7. The van der Waals surface area contributed by atoms with Crippen LogP contribution in [0.5, 0.6) is 17.2 Å². The molecule has 2 heterocycles. The van der Waals surface area contributed by atoms with Gasteiger partial charge in [0.25, 0.3) is 5.91 Å². The first-order chi connectivity index (χ1) is 19.8. The summed E-state index contributed by atoms with van der Waals surface area (Å²) in [7, 11) is 2.03. The summed E-state index contributed by atoms with van der Waals surface area (Å²) in [5, 5.41) is 15.5. The summed E-state index contributed by atoms with van der Waals surface area (Å²) in [5.74, 6) is 1.66. The molecular weight excluding hydrogens is 524 g/mol. The molecule has 3 aromatic carbocycles. The van der Waals surface area contributed by atoms with Crippen molar-refractivity contribution >= 4 is 23.3 Å². The number of nitrogens with one attached hydrogen (secondary N) is 2. The van der Waals surface area contributed by atoms with Crippen molar-refractivity contribution in [2.75, 3.05) is 44.2 Å². The van der Waals surface area contributed by atoms with E-state index in [1.165, 1.54) is 0 Å². The Kier molecular flexibility index (Phi) is 8.61. The maximum Gasteiger partial charge on any atom is 0.323 e. The number of aliphatic hydroxyl groups excluding tert-OH is 1. The van der Waals surface area contributed by atoms with Crippen LogP contribution < -0.4 is 24.8 Å². The van der Waals surface area contributed by atoms with E-state index in [9.17, 15) is 14.7 Å². The van der Waals surface area contributed by atoms with Crippen LogP contribution in [0.1, 0.15) is 29.8 Å². The molecule has 0 spiro atoms. The Morgan fingerprint density at radius 3 is 2.54 bits per heavy atom. The second-order valence-corrected chi connectivity index (χ2v) is 10.7. The molecule has 3 atom stereocenters. The number of carbonyl (C=O) groups is 2. The molecule has 3 N–H and O–H groups in total. The summed E-state index contributed by atoms with van der Waals surface area (Å²) in [6.07, 6.45) is -0.241. The quantitative estimate of drug-likeness (QED) is 0.374. The number of aliphatic hydroxyl groups is 1. The average Bonchev–Trinajstić information content (AvgIpc) is 3.43. The van der Waals surface area contributed by atoms with Gasteiger partial charge in [0.15, 0.2) is 11.5 Å². The van der Waals surface area contributed by atoms with Crippen LogP contribution in [0.2, 0.25) is 0 Å². The van der Waals surface area contributed by atoms with Gasteiger partial charge in [-0.3, -0.25) is 9.69 Å². The third-order valence-corrected chi connectivity index (χ3v) is 7.34. The highest BCUT2D eigenvalue weighted by Gasteiger charge is 2.33. The van der Waals surface area contributed by atoms with Crippen LogP contribution in [0, 0.1) is 5.92 Å². The van der Waals surface area contributed by atoms with Crippen molar-refractivity contribution in [2.24, 2.45) is 5.92 Å². The van der Waals surface area contributed by atoms with Crippen molar-refractivity contribution in [1.29, 1.82) is 0 Å². The van der Waals surface area contributed by atoms with E-state index in [-0.39, 0.29) is 37.4 Å². The summed E-state index contributed by atoms with van der Waals surface area (Å²) >= 11 is 0. The highest BCUT2D eigenvalue weighted by Crippen LogP contribution is 2.33. The van der Waals surface area contributed by atoms with E-state index >= 15 is 0 Å². The minimum absolute atomic E-state index is 0.0187. The van der Waals surface area contributed by atoms with E-state index in [0.717, 1.165) is 17.1 Å². The molecule has 41 heavy (non-hydrogen) atoms. The van der Waals surface area contributed by atoms with Gasteiger partial charge in [0.1, 0.15) is 11.9 Å². The molecule has 0 aromatic heterocycles. The van der Waals surface area contributed by atoms with Crippen LogP contribution in [-0.2, 0) is 6.54 Å². The van der Waals surface area contributed by atoms with Crippen LogP contribution >= 0.6 is 0 Å². The molecule has 10 heteroatoms. The number of nitrogens with zero attached hydrogens (tertiary/aromatic N) is 2.